The number of aromatic nitrogens is 1. The molecule has 0 bridgehead atoms. The molecule has 1 N–H and O–H groups in total. The van der Waals surface area contributed by atoms with Gasteiger partial charge in [0.05, 0.1) is 11.3 Å². The zero-order chi connectivity index (χ0) is 28.5. The number of rotatable bonds is 7. The third-order valence-corrected chi connectivity index (χ3v) is 8.31. The number of hydrogen-bond acceptors (Lipinski definition) is 5. The highest BCUT2D eigenvalue weighted by Gasteiger charge is 2.41. The van der Waals surface area contributed by atoms with Gasteiger partial charge >= 0.3 is 6.18 Å². The number of carbonyl (C=O) groups is 1. The predicted octanol–water partition coefficient (Wildman–Crippen LogP) is 5.63. The lowest BCUT2D eigenvalue weighted by molar-refractivity contribution is -0.137. The fraction of sp³-hybridized carbons (Fsp3) is 0.214. The van der Waals surface area contributed by atoms with E-state index in [4.69, 9.17) is 4.42 Å². The Bertz CT molecular complexity index is 1650. The molecule has 0 saturated carbocycles. The van der Waals surface area contributed by atoms with Gasteiger partial charge in [-0.15, -0.1) is 0 Å². The van der Waals surface area contributed by atoms with Gasteiger partial charge in [-0.1, -0.05) is 24.3 Å². The van der Waals surface area contributed by atoms with Gasteiger partial charge in [-0.2, -0.15) is 17.5 Å². The van der Waals surface area contributed by atoms with Crippen molar-refractivity contribution in [2.45, 2.75) is 36.7 Å². The van der Waals surface area contributed by atoms with Crippen LogP contribution in [0.25, 0.3) is 23.1 Å². The van der Waals surface area contributed by atoms with Crippen molar-refractivity contribution in [1.82, 2.24) is 14.6 Å². The SMILES string of the molecule is O=C(NCc1ccc(F)c(/C=C/c2ccc(C(F)(F)F)cn2)c1)[C@@H]1CCCN1S(=O)(=O)c1cc2ccccc2o1. The van der Waals surface area contributed by atoms with Crippen molar-refractivity contribution >= 4 is 39.1 Å². The smallest absolute Gasteiger partial charge is 0.417 e. The summed E-state index contributed by atoms with van der Waals surface area (Å²) in [6.07, 6.45) is -0.227. The van der Waals surface area contributed by atoms with Gasteiger partial charge in [0.15, 0.2) is 0 Å². The van der Waals surface area contributed by atoms with Crippen LogP contribution in [-0.4, -0.2) is 36.2 Å². The van der Waals surface area contributed by atoms with Gasteiger partial charge in [0.2, 0.25) is 11.0 Å². The molecule has 3 heterocycles. The highest BCUT2D eigenvalue weighted by Crippen LogP contribution is 2.31. The number of furan rings is 1. The lowest BCUT2D eigenvalue weighted by Gasteiger charge is -2.22. The zero-order valence-electron chi connectivity index (χ0n) is 20.9. The first kappa shape index (κ1) is 27.5. The first-order valence-electron chi connectivity index (χ1n) is 12.3. The Balaban J connectivity index is 1.26. The Labute approximate surface area is 227 Å². The molecule has 1 atom stereocenters. The number of sulfonamides is 1. The molecular weight excluding hydrogens is 550 g/mol. The summed E-state index contributed by atoms with van der Waals surface area (Å²) in [5.41, 5.74) is 0.428. The number of nitrogens with zero attached hydrogens (tertiary/aromatic N) is 2. The van der Waals surface area contributed by atoms with Gasteiger partial charge in [-0.3, -0.25) is 9.78 Å². The third kappa shape index (κ3) is 5.77. The monoisotopic (exact) mass is 573 g/mol. The van der Waals surface area contributed by atoms with Gasteiger partial charge in [-0.25, -0.2) is 12.8 Å². The normalized spacial score (nSPS) is 16.6. The van der Waals surface area contributed by atoms with Crippen molar-refractivity contribution < 1.29 is 35.2 Å². The van der Waals surface area contributed by atoms with Gasteiger partial charge in [0.25, 0.3) is 10.0 Å². The Morgan fingerprint density at radius 3 is 2.62 bits per heavy atom. The number of amides is 1. The van der Waals surface area contributed by atoms with E-state index in [0.29, 0.717) is 35.6 Å². The van der Waals surface area contributed by atoms with Crippen molar-refractivity contribution in [1.29, 1.82) is 0 Å². The van der Waals surface area contributed by atoms with E-state index in [1.165, 1.54) is 42.5 Å². The van der Waals surface area contributed by atoms with E-state index in [0.717, 1.165) is 10.4 Å². The van der Waals surface area contributed by atoms with Gasteiger partial charge in [0, 0.05) is 36.3 Å². The van der Waals surface area contributed by atoms with Gasteiger partial charge in [0.1, 0.15) is 17.4 Å². The lowest BCUT2D eigenvalue weighted by atomic mass is 10.1. The van der Waals surface area contributed by atoms with E-state index in [1.807, 2.05) is 0 Å². The van der Waals surface area contributed by atoms with Crippen molar-refractivity contribution in [2.75, 3.05) is 6.54 Å². The molecule has 0 aliphatic carbocycles. The minimum atomic E-state index is -4.51. The Kier molecular flexibility index (Phi) is 7.47. The fourth-order valence-electron chi connectivity index (χ4n) is 4.47. The van der Waals surface area contributed by atoms with Crippen molar-refractivity contribution in [3.8, 4) is 0 Å². The first-order chi connectivity index (χ1) is 19.0. The summed E-state index contributed by atoms with van der Waals surface area (Å²) in [6, 6.07) is 13.6. The molecule has 1 fully saturated rings. The maximum atomic E-state index is 14.4. The van der Waals surface area contributed by atoms with Crippen LogP contribution in [-0.2, 0) is 27.5 Å². The van der Waals surface area contributed by atoms with Crippen LogP contribution in [0.1, 0.15) is 35.2 Å². The van der Waals surface area contributed by atoms with Crippen LogP contribution in [0.4, 0.5) is 17.6 Å². The molecule has 1 amide bonds. The number of benzene rings is 2. The number of nitrogens with one attached hydrogen (secondary N) is 1. The molecule has 5 rings (SSSR count). The number of alkyl halides is 3. The molecule has 0 spiro atoms. The van der Waals surface area contributed by atoms with Crippen LogP contribution in [0.5, 0.6) is 0 Å². The van der Waals surface area contributed by atoms with Crippen molar-refractivity contribution in [3.05, 3.63) is 95.1 Å². The van der Waals surface area contributed by atoms with Crippen LogP contribution in [0.15, 0.2) is 76.4 Å². The number of hydrogen-bond donors (Lipinski definition) is 1. The topological polar surface area (TPSA) is 92.5 Å². The molecule has 2 aromatic heterocycles. The second-order valence-electron chi connectivity index (χ2n) is 9.25. The van der Waals surface area contributed by atoms with E-state index in [1.54, 1.807) is 24.3 Å². The van der Waals surface area contributed by atoms with Gasteiger partial charge in [-0.05, 0) is 60.9 Å². The predicted molar refractivity (Wildman–Crippen MR) is 140 cm³/mol. The molecule has 0 unspecified atom stereocenters. The number of fused-ring (bicyclic) bond motifs is 1. The molecular formula is C28H23F4N3O4S. The summed E-state index contributed by atoms with van der Waals surface area (Å²) in [5, 5.41) is 3.13. The van der Waals surface area contributed by atoms with Crippen LogP contribution in [0.2, 0.25) is 0 Å². The third-order valence-electron chi connectivity index (χ3n) is 6.55. The Hall–Kier alpha value is -4.03. The van der Waals surface area contributed by atoms with E-state index in [9.17, 15) is 30.8 Å². The molecule has 1 saturated heterocycles. The number of para-hydroxylation sites is 1. The molecule has 208 valence electrons. The molecule has 1 aliphatic rings. The molecule has 12 heteroatoms. The highest BCUT2D eigenvalue weighted by atomic mass is 32.2. The average Bonchev–Trinajstić information content (AvgIpc) is 3.60. The maximum absolute atomic E-state index is 14.4. The quantitative estimate of drug-likeness (QED) is 0.290. The molecule has 40 heavy (non-hydrogen) atoms. The average molecular weight is 574 g/mol. The number of carbonyl (C=O) groups excluding carboxylic acids is 1. The van der Waals surface area contributed by atoms with E-state index >= 15 is 0 Å². The second-order valence-corrected chi connectivity index (χ2v) is 11.1. The maximum Gasteiger partial charge on any atom is 0.417 e. The highest BCUT2D eigenvalue weighted by molar-refractivity contribution is 7.89. The standard InChI is InChI=1S/C28H23F4N3O4S/c29-23-12-7-18(14-19(23)8-10-22-11-9-21(17-33-22)28(30,31)32)16-34-27(36)24-5-3-13-35(24)40(37,38)26-15-20-4-1-2-6-25(20)39-26/h1-2,4,6-12,14-15,17,24H,3,5,13,16H2,(H,34,36)/b10-8+/t24-/m0/s1. The van der Waals surface area contributed by atoms with Crippen LogP contribution < -0.4 is 5.32 Å². The number of halogens is 4. The summed E-state index contributed by atoms with van der Waals surface area (Å²) in [4.78, 5) is 16.7. The van der Waals surface area contributed by atoms with E-state index in [-0.39, 0.29) is 29.4 Å². The largest absolute Gasteiger partial charge is 0.443 e. The van der Waals surface area contributed by atoms with Crippen LogP contribution >= 0.6 is 0 Å². The minimum Gasteiger partial charge on any atom is -0.443 e. The Morgan fingerprint density at radius 1 is 1.10 bits per heavy atom. The van der Waals surface area contributed by atoms with Crippen LogP contribution in [0.3, 0.4) is 0 Å². The van der Waals surface area contributed by atoms with Crippen LogP contribution in [0, 0.1) is 5.82 Å². The lowest BCUT2D eigenvalue weighted by Crippen LogP contribution is -2.45. The fourth-order valence-corrected chi connectivity index (χ4v) is 6.08. The number of pyridine rings is 1. The molecule has 1 aliphatic heterocycles. The summed E-state index contributed by atoms with van der Waals surface area (Å²) in [7, 11) is -4.06. The molecule has 0 radical (unpaired) electrons. The first-order valence-corrected chi connectivity index (χ1v) is 13.7. The van der Waals surface area contributed by atoms with E-state index in [2.05, 4.69) is 10.3 Å². The molecule has 4 aromatic rings. The van der Waals surface area contributed by atoms with E-state index < -0.39 is 39.5 Å². The summed E-state index contributed by atoms with van der Waals surface area (Å²) < 4.78 is 85.8. The van der Waals surface area contributed by atoms with Crippen molar-refractivity contribution in [2.24, 2.45) is 0 Å². The summed E-state index contributed by atoms with van der Waals surface area (Å²) in [6.45, 7) is 0.175. The van der Waals surface area contributed by atoms with Gasteiger partial charge < -0.3 is 9.73 Å². The second kappa shape index (κ2) is 10.9. The summed E-state index contributed by atoms with van der Waals surface area (Å²) >= 11 is 0. The van der Waals surface area contributed by atoms with Crippen molar-refractivity contribution in [3.63, 3.8) is 0 Å². The molecule has 2 aromatic carbocycles. The Morgan fingerprint density at radius 2 is 1.90 bits per heavy atom. The minimum absolute atomic E-state index is 0.00745. The molecule has 7 nitrogen and oxygen atoms in total. The zero-order valence-corrected chi connectivity index (χ0v) is 21.7. The summed E-state index contributed by atoms with van der Waals surface area (Å²) in [5.74, 6) is -1.07.